The van der Waals surface area contributed by atoms with Crippen LogP contribution in [0.2, 0.25) is 0 Å². The number of nitrogens with zero attached hydrogens (tertiary/aromatic N) is 2. The van der Waals surface area contributed by atoms with Gasteiger partial charge in [0.2, 0.25) is 5.82 Å². The van der Waals surface area contributed by atoms with Gasteiger partial charge in [0.05, 0.1) is 11.6 Å². The summed E-state index contributed by atoms with van der Waals surface area (Å²) in [6.07, 6.45) is 2.50. The molecule has 0 fully saturated rings. The molecule has 6 heteroatoms. The standard InChI is InChI=1S/C9H12BrN3O2/c1-3-4-11-7-6(10)5-12-8(13-7)9(14)15-2/h5H,3-4H2,1-2H3,(H,11,12,13). The number of halogens is 1. The Morgan fingerprint density at radius 1 is 1.67 bits per heavy atom. The largest absolute Gasteiger partial charge is 0.463 e. The molecule has 0 aliphatic heterocycles. The predicted molar refractivity (Wildman–Crippen MR) is 59.9 cm³/mol. The molecule has 1 aromatic rings. The fourth-order valence-electron chi connectivity index (χ4n) is 0.924. The number of anilines is 1. The van der Waals surface area contributed by atoms with Crippen LogP contribution < -0.4 is 5.32 Å². The topological polar surface area (TPSA) is 64.1 Å². The molecule has 0 unspecified atom stereocenters. The van der Waals surface area contributed by atoms with Crippen LogP contribution in [-0.2, 0) is 4.74 Å². The van der Waals surface area contributed by atoms with Gasteiger partial charge in [0.25, 0.3) is 0 Å². The van der Waals surface area contributed by atoms with Crippen LogP contribution in [-0.4, -0.2) is 29.6 Å². The van der Waals surface area contributed by atoms with Crippen LogP contribution >= 0.6 is 15.9 Å². The van der Waals surface area contributed by atoms with Crippen molar-refractivity contribution >= 4 is 27.7 Å². The van der Waals surface area contributed by atoms with Gasteiger partial charge >= 0.3 is 5.97 Å². The summed E-state index contributed by atoms with van der Waals surface area (Å²) in [4.78, 5) is 19.0. The lowest BCUT2D eigenvalue weighted by molar-refractivity contribution is 0.0587. The smallest absolute Gasteiger partial charge is 0.376 e. The van der Waals surface area contributed by atoms with Crippen LogP contribution in [0.1, 0.15) is 24.0 Å². The summed E-state index contributed by atoms with van der Waals surface area (Å²) < 4.78 is 5.25. The lowest BCUT2D eigenvalue weighted by atomic mass is 10.4. The van der Waals surface area contributed by atoms with Gasteiger partial charge in [-0.05, 0) is 22.4 Å². The maximum absolute atomic E-state index is 11.2. The molecule has 0 radical (unpaired) electrons. The summed E-state index contributed by atoms with van der Waals surface area (Å²) in [5.41, 5.74) is 0. The van der Waals surface area contributed by atoms with Crippen molar-refractivity contribution in [2.24, 2.45) is 0 Å². The van der Waals surface area contributed by atoms with Gasteiger partial charge in [-0.25, -0.2) is 14.8 Å². The van der Waals surface area contributed by atoms with E-state index in [1.807, 2.05) is 6.92 Å². The van der Waals surface area contributed by atoms with Gasteiger partial charge in [-0.2, -0.15) is 0 Å². The number of methoxy groups -OCH3 is 1. The molecule has 0 amide bonds. The maximum atomic E-state index is 11.2. The number of esters is 1. The average molecular weight is 274 g/mol. The van der Waals surface area contributed by atoms with E-state index in [0.29, 0.717) is 5.82 Å². The molecular weight excluding hydrogens is 262 g/mol. The zero-order valence-corrected chi connectivity index (χ0v) is 10.2. The first-order chi connectivity index (χ1) is 7.19. The highest BCUT2D eigenvalue weighted by molar-refractivity contribution is 9.10. The summed E-state index contributed by atoms with van der Waals surface area (Å²) in [5.74, 6) is 0.119. The molecule has 1 N–H and O–H groups in total. The third-order valence-corrected chi connectivity index (χ3v) is 2.23. The monoisotopic (exact) mass is 273 g/mol. The Hall–Kier alpha value is -1.17. The molecule has 0 saturated heterocycles. The number of carbonyl (C=O) groups excluding carboxylic acids is 1. The van der Waals surface area contributed by atoms with E-state index >= 15 is 0 Å². The molecule has 0 aliphatic rings. The van der Waals surface area contributed by atoms with E-state index < -0.39 is 5.97 Å². The van der Waals surface area contributed by atoms with Gasteiger partial charge in [0, 0.05) is 12.7 Å². The molecule has 5 nitrogen and oxygen atoms in total. The Bertz CT molecular complexity index is 357. The molecule has 1 aromatic heterocycles. The maximum Gasteiger partial charge on any atom is 0.376 e. The van der Waals surface area contributed by atoms with E-state index in [0.717, 1.165) is 17.4 Å². The van der Waals surface area contributed by atoms with Gasteiger partial charge in [-0.3, -0.25) is 0 Å². The van der Waals surface area contributed by atoms with E-state index in [1.54, 1.807) is 0 Å². The highest BCUT2D eigenvalue weighted by Crippen LogP contribution is 2.18. The number of hydrogen-bond acceptors (Lipinski definition) is 5. The minimum atomic E-state index is -0.540. The quantitative estimate of drug-likeness (QED) is 0.849. The molecule has 0 saturated carbocycles. The van der Waals surface area contributed by atoms with Crippen molar-refractivity contribution < 1.29 is 9.53 Å². The fourth-order valence-corrected chi connectivity index (χ4v) is 1.26. The molecule has 0 bridgehead atoms. The van der Waals surface area contributed by atoms with Gasteiger partial charge in [-0.15, -0.1) is 0 Å². The normalized spacial score (nSPS) is 9.80. The summed E-state index contributed by atoms with van der Waals surface area (Å²) >= 11 is 3.29. The van der Waals surface area contributed by atoms with E-state index in [2.05, 4.69) is 36.0 Å². The van der Waals surface area contributed by atoms with Gasteiger partial charge in [0.1, 0.15) is 5.82 Å². The van der Waals surface area contributed by atoms with Crippen LogP contribution in [0.15, 0.2) is 10.7 Å². The Balaban J connectivity index is 2.89. The predicted octanol–water partition coefficient (Wildman–Crippen LogP) is 1.85. The van der Waals surface area contributed by atoms with Crippen molar-refractivity contribution in [2.45, 2.75) is 13.3 Å². The van der Waals surface area contributed by atoms with Gasteiger partial charge in [-0.1, -0.05) is 6.92 Å². The van der Waals surface area contributed by atoms with Gasteiger partial charge in [0.15, 0.2) is 0 Å². The molecule has 1 heterocycles. The second kappa shape index (κ2) is 5.65. The summed E-state index contributed by atoms with van der Waals surface area (Å²) in [5, 5.41) is 3.08. The van der Waals surface area contributed by atoms with E-state index in [9.17, 15) is 4.79 Å². The molecule has 15 heavy (non-hydrogen) atoms. The molecule has 0 spiro atoms. The fraction of sp³-hybridized carbons (Fsp3) is 0.444. The van der Waals surface area contributed by atoms with E-state index in [-0.39, 0.29) is 5.82 Å². The Morgan fingerprint density at radius 3 is 3.00 bits per heavy atom. The van der Waals surface area contributed by atoms with Gasteiger partial charge < -0.3 is 10.1 Å². The Labute approximate surface area is 96.4 Å². The minimum Gasteiger partial charge on any atom is -0.463 e. The molecule has 82 valence electrons. The number of carbonyl (C=O) groups is 1. The second-order valence-electron chi connectivity index (χ2n) is 2.81. The van der Waals surface area contributed by atoms with E-state index in [4.69, 9.17) is 0 Å². The van der Waals surface area contributed by atoms with E-state index in [1.165, 1.54) is 13.3 Å². The lowest BCUT2D eigenvalue weighted by Crippen LogP contribution is -2.11. The lowest BCUT2D eigenvalue weighted by Gasteiger charge is -2.06. The van der Waals surface area contributed by atoms with Crippen molar-refractivity contribution in [3.05, 3.63) is 16.5 Å². The van der Waals surface area contributed by atoms with Crippen LogP contribution in [0.25, 0.3) is 0 Å². The number of hydrogen-bond donors (Lipinski definition) is 1. The first-order valence-electron chi connectivity index (χ1n) is 4.53. The number of nitrogens with one attached hydrogen (secondary N) is 1. The molecule has 1 rings (SSSR count). The van der Waals surface area contributed by atoms with Crippen molar-refractivity contribution in [1.82, 2.24) is 9.97 Å². The van der Waals surface area contributed by atoms with Crippen LogP contribution in [0.5, 0.6) is 0 Å². The molecule has 0 atom stereocenters. The Kier molecular flexibility index (Phi) is 4.48. The van der Waals surface area contributed by atoms with Crippen molar-refractivity contribution in [3.63, 3.8) is 0 Å². The molecular formula is C9H12BrN3O2. The van der Waals surface area contributed by atoms with Crippen LogP contribution in [0.3, 0.4) is 0 Å². The number of rotatable bonds is 4. The SMILES string of the molecule is CCCNc1nc(C(=O)OC)ncc1Br. The Morgan fingerprint density at radius 2 is 2.40 bits per heavy atom. The molecule has 0 aliphatic carbocycles. The zero-order chi connectivity index (χ0) is 11.3. The summed E-state index contributed by atoms with van der Waals surface area (Å²) in [6.45, 7) is 2.83. The van der Waals surface area contributed by atoms with Crippen molar-refractivity contribution in [3.8, 4) is 0 Å². The first kappa shape index (κ1) is 11.9. The summed E-state index contributed by atoms with van der Waals surface area (Å²) in [6, 6.07) is 0. The second-order valence-corrected chi connectivity index (χ2v) is 3.66. The first-order valence-corrected chi connectivity index (χ1v) is 5.33. The highest BCUT2D eigenvalue weighted by atomic mass is 79.9. The van der Waals surface area contributed by atoms with Crippen LogP contribution in [0.4, 0.5) is 5.82 Å². The van der Waals surface area contributed by atoms with Crippen molar-refractivity contribution in [2.75, 3.05) is 19.0 Å². The number of ether oxygens (including phenoxy) is 1. The van der Waals surface area contributed by atoms with Crippen LogP contribution in [0, 0.1) is 0 Å². The van der Waals surface area contributed by atoms with Crippen molar-refractivity contribution in [1.29, 1.82) is 0 Å². The molecule has 0 aromatic carbocycles. The number of aromatic nitrogens is 2. The average Bonchev–Trinajstić information content (AvgIpc) is 2.27. The minimum absolute atomic E-state index is 0.0549. The summed E-state index contributed by atoms with van der Waals surface area (Å²) in [7, 11) is 1.30. The third kappa shape index (κ3) is 3.16. The third-order valence-electron chi connectivity index (χ3n) is 1.65. The highest BCUT2D eigenvalue weighted by Gasteiger charge is 2.11. The zero-order valence-electron chi connectivity index (χ0n) is 8.58.